The summed E-state index contributed by atoms with van der Waals surface area (Å²) in [5, 5.41) is 2.85. The molecule has 0 spiro atoms. The van der Waals surface area contributed by atoms with Gasteiger partial charge in [-0.1, -0.05) is 19.1 Å². The monoisotopic (exact) mass is 434 g/mol. The maximum Gasteiger partial charge on any atom is 0.244 e. The summed E-state index contributed by atoms with van der Waals surface area (Å²) in [4.78, 5) is 12.9. The van der Waals surface area contributed by atoms with Gasteiger partial charge in [-0.15, -0.1) is 0 Å². The predicted octanol–water partition coefficient (Wildman–Crippen LogP) is 3.35. The number of hydrogen-bond acceptors (Lipinski definition) is 5. The van der Waals surface area contributed by atoms with Crippen molar-refractivity contribution >= 4 is 21.6 Å². The molecule has 0 radical (unpaired) electrons. The molecule has 2 aromatic carbocycles. The summed E-state index contributed by atoms with van der Waals surface area (Å²) in [7, 11) is -3.68. The van der Waals surface area contributed by atoms with E-state index in [0.717, 1.165) is 21.9 Å². The lowest BCUT2D eigenvalue weighted by molar-refractivity contribution is -0.122. The van der Waals surface area contributed by atoms with Crippen LogP contribution >= 0.6 is 0 Å². The highest BCUT2D eigenvalue weighted by Gasteiger charge is 2.31. The molecular weight excluding hydrogens is 404 g/mol. The molecule has 7 nitrogen and oxygen atoms in total. The van der Waals surface area contributed by atoms with Gasteiger partial charge in [0.2, 0.25) is 15.9 Å². The van der Waals surface area contributed by atoms with Gasteiger partial charge in [0.1, 0.15) is 17.5 Å². The number of benzene rings is 2. The van der Waals surface area contributed by atoms with Crippen LogP contribution in [0.5, 0.6) is 11.5 Å². The molecule has 1 atom stereocenters. The Kier molecular flexibility index (Phi) is 8.53. The summed E-state index contributed by atoms with van der Waals surface area (Å²) in [5.41, 5.74) is 1.29. The Hall–Kier alpha value is -2.74. The first kappa shape index (κ1) is 23.5. The van der Waals surface area contributed by atoms with Crippen LogP contribution < -0.4 is 19.1 Å². The highest BCUT2D eigenvalue weighted by Crippen LogP contribution is 2.25. The van der Waals surface area contributed by atoms with Crippen molar-refractivity contribution in [1.82, 2.24) is 5.32 Å². The molecule has 2 aromatic rings. The molecule has 0 fully saturated rings. The third kappa shape index (κ3) is 6.38. The van der Waals surface area contributed by atoms with Crippen LogP contribution in [0.15, 0.2) is 48.5 Å². The number of sulfonamides is 1. The molecule has 0 unspecified atom stereocenters. The van der Waals surface area contributed by atoms with E-state index in [4.69, 9.17) is 9.47 Å². The summed E-state index contributed by atoms with van der Waals surface area (Å²) in [6.45, 7) is 6.90. The van der Waals surface area contributed by atoms with E-state index >= 15 is 0 Å². The van der Waals surface area contributed by atoms with Gasteiger partial charge < -0.3 is 14.8 Å². The first-order valence-corrected chi connectivity index (χ1v) is 11.9. The molecule has 0 saturated carbocycles. The number of amides is 1. The van der Waals surface area contributed by atoms with Crippen LogP contribution in [-0.2, 0) is 21.4 Å². The van der Waals surface area contributed by atoms with Gasteiger partial charge in [0.05, 0.1) is 25.2 Å². The molecule has 30 heavy (non-hydrogen) atoms. The minimum atomic E-state index is -3.68. The zero-order chi connectivity index (χ0) is 22.1. The molecule has 0 aliphatic rings. The molecule has 8 heteroatoms. The molecule has 0 aromatic heterocycles. The average Bonchev–Trinajstić information content (AvgIpc) is 2.71. The quantitative estimate of drug-likeness (QED) is 0.586. The minimum Gasteiger partial charge on any atom is -0.494 e. The van der Waals surface area contributed by atoms with Gasteiger partial charge in [-0.25, -0.2) is 8.42 Å². The molecule has 0 saturated heterocycles. The van der Waals surface area contributed by atoms with E-state index in [-0.39, 0.29) is 12.5 Å². The van der Waals surface area contributed by atoms with Crippen LogP contribution in [0.3, 0.4) is 0 Å². The maximum absolute atomic E-state index is 12.9. The van der Waals surface area contributed by atoms with Crippen molar-refractivity contribution < 1.29 is 22.7 Å². The SMILES string of the molecule is CCOc1ccc(N([C@H](CC)C(=O)NCc2cccc(OCC)c2)S(C)(=O)=O)cc1. The molecule has 0 heterocycles. The maximum atomic E-state index is 12.9. The Morgan fingerprint density at radius 3 is 2.20 bits per heavy atom. The van der Waals surface area contributed by atoms with Crippen molar-refractivity contribution in [3.8, 4) is 11.5 Å². The van der Waals surface area contributed by atoms with Gasteiger partial charge >= 0.3 is 0 Å². The fourth-order valence-electron chi connectivity index (χ4n) is 3.14. The Morgan fingerprint density at radius 2 is 1.63 bits per heavy atom. The highest BCUT2D eigenvalue weighted by molar-refractivity contribution is 7.92. The third-order valence-corrected chi connectivity index (χ3v) is 5.59. The van der Waals surface area contributed by atoms with Crippen LogP contribution in [0.2, 0.25) is 0 Å². The zero-order valence-electron chi connectivity index (χ0n) is 17.9. The van der Waals surface area contributed by atoms with Crippen molar-refractivity contribution in [3.63, 3.8) is 0 Å². The zero-order valence-corrected chi connectivity index (χ0v) is 18.7. The summed E-state index contributed by atoms with van der Waals surface area (Å²) in [5.74, 6) is 1.00. The largest absolute Gasteiger partial charge is 0.494 e. The third-order valence-electron chi connectivity index (χ3n) is 4.41. The standard InChI is InChI=1S/C22H30N2O5S/c1-5-21(22(25)23-16-17-9-8-10-20(15-17)29-7-3)24(30(4,26)27)18-11-13-19(14-12-18)28-6-2/h8-15,21H,5-7,16H2,1-4H3,(H,23,25)/t21-/m1/s1. The Balaban J connectivity index is 2.20. The minimum absolute atomic E-state index is 0.275. The number of nitrogens with one attached hydrogen (secondary N) is 1. The Morgan fingerprint density at radius 1 is 1.00 bits per heavy atom. The van der Waals surface area contributed by atoms with E-state index in [1.54, 1.807) is 31.2 Å². The summed E-state index contributed by atoms with van der Waals surface area (Å²) in [6, 6.07) is 13.2. The van der Waals surface area contributed by atoms with Gasteiger partial charge in [-0.05, 0) is 62.2 Å². The number of carbonyl (C=O) groups excluding carboxylic acids is 1. The van der Waals surface area contributed by atoms with E-state index in [0.29, 0.717) is 31.1 Å². The number of nitrogens with zero attached hydrogens (tertiary/aromatic N) is 1. The van der Waals surface area contributed by atoms with Gasteiger partial charge in [-0.2, -0.15) is 0 Å². The lowest BCUT2D eigenvalue weighted by Crippen LogP contribution is -2.49. The smallest absolute Gasteiger partial charge is 0.244 e. The van der Waals surface area contributed by atoms with Crippen LogP contribution in [0.1, 0.15) is 32.8 Å². The predicted molar refractivity (Wildman–Crippen MR) is 118 cm³/mol. The molecule has 0 aliphatic carbocycles. The van der Waals surface area contributed by atoms with E-state index in [1.165, 1.54) is 0 Å². The summed E-state index contributed by atoms with van der Waals surface area (Å²) >= 11 is 0. The van der Waals surface area contributed by atoms with Crippen molar-refractivity contribution in [3.05, 3.63) is 54.1 Å². The fraction of sp³-hybridized carbons (Fsp3) is 0.409. The van der Waals surface area contributed by atoms with Gasteiger partial charge in [0, 0.05) is 6.54 Å². The van der Waals surface area contributed by atoms with E-state index in [9.17, 15) is 13.2 Å². The molecule has 1 amide bonds. The van der Waals surface area contributed by atoms with Gasteiger partial charge in [0.15, 0.2) is 0 Å². The van der Waals surface area contributed by atoms with Gasteiger partial charge in [-0.3, -0.25) is 9.10 Å². The van der Waals surface area contributed by atoms with Crippen LogP contribution in [0, 0.1) is 0 Å². The van der Waals surface area contributed by atoms with E-state index < -0.39 is 16.1 Å². The number of ether oxygens (including phenoxy) is 2. The van der Waals surface area contributed by atoms with Crippen molar-refractivity contribution in [1.29, 1.82) is 0 Å². The molecule has 0 bridgehead atoms. The summed E-state index contributed by atoms with van der Waals surface area (Å²) in [6.07, 6.45) is 1.43. The van der Waals surface area contributed by atoms with Crippen LogP contribution in [0.4, 0.5) is 5.69 Å². The molecule has 1 N–H and O–H groups in total. The first-order valence-electron chi connectivity index (χ1n) is 10.0. The number of carbonyl (C=O) groups is 1. The fourth-order valence-corrected chi connectivity index (χ4v) is 4.35. The van der Waals surface area contributed by atoms with Crippen LogP contribution in [-0.4, -0.2) is 39.8 Å². The normalized spacial score (nSPS) is 12.1. The lowest BCUT2D eigenvalue weighted by Gasteiger charge is -2.30. The highest BCUT2D eigenvalue weighted by atomic mass is 32.2. The van der Waals surface area contributed by atoms with Crippen LogP contribution in [0.25, 0.3) is 0 Å². The lowest BCUT2D eigenvalue weighted by atomic mass is 10.1. The second kappa shape index (κ2) is 10.9. The number of hydrogen-bond donors (Lipinski definition) is 1. The van der Waals surface area contributed by atoms with Crippen molar-refractivity contribution in [2.24, 2.45) is 0 Å². The molecule has 164 valence electrons. The molecule has 2 rings (SSSR count). The van der Waals surface area contributed by atoms with E-state index in [1.807, 2.05) is 38.1 Å². The topological polar surface area (TPSA) is 84.9 Å². The number of anilines is 1. The molecular formula is C22H30N2O5S. The van der Waals surface area contributed by atoms with E-state index in [2.05, 4.69) is 5.32 Å². The first-order chi connectivity index (χ1) is 14.3. The second-order valence-electron chi connectivity index (χ2n) is 6.71. The van der Waals surface area contributed by atoms with Crippen molar-refractivity contribution in [2.45, 2.75) is 39.8 Å². The summed E-state index contributed by atoms with van der Waals surface area (Å²) < 4.78 is 37.1. The number of rotatable bonds is 11. The average molecular weight is 435 g/mol. The Labute approximate surface area is 179 Å². The second-order valence-corrected chi connectivity index (χ2v) is 8.57. The van der Waals surface area contributed by atoms with Gasteiger partial charge in [0.25, 0.3) is 0 Å². The Bertz CT molecular complexity index is 929. The van der Waals surface area contributed by atoms with Crippen molar-refractivity contribution in [2.75, 3.05) is 23.8 Å². The molecule has 0 aliphatic heterocycles.